The van der Waals surface area contributed by atoms with E-state index in [9.17, 15) is 9.90 Å². The lowest BCUT2D eigenvalue weighted by Crippen LogP contribution is -2.38. The van der Waals surface area contributed by atoms with Crippen LogP contribution in [0.3, 0.4) is 0 Å². The number of hydrogen-bond donors (Lipinski definition) is 2. The van der Waals surface area contributed by atoms with E-state index in [-0.39, 0.29) is 17.8 Å². The molecule has 2 rings (SSSR count). The summed E-state index contributed by atoms with van der Waals surface area (Å²) >= 11 is 0. The Morgan fingerprint density at radius 3 is 2.19 bits per heavy atom. The fourth-order valence-corrected chi connectivity index (χ4v) is 2.19. The van der Waals surface area contributed by atoms with Crippen LogP contribution in [0.1, 0.15) is 24.1 Å². The van der Waals surface area contributed by atoms with Gasteiger partial charge in [-0.1, -0.05) is 42.5 Å². The van der Waals surface area contributed by atoms with Crippen molar-refractivity contribution in [2.24, 2.45) is 0 Å². The number of phenols is 1. The normalized spacial score (nSPS) is 13.4. The summed E-state index contributed by atoms with van der Waals surface area (Å²) < 4.78 is 4.76. The predicted molar refractivity (Wildman–Crippen MR) is 81.0 cm³/mol. The van der Waals surface area contributed by atoms with Gasteiger partial charge in [0.25, 0.3) is 0 Å². The molecule has 2 aromatic rings. The number of methoxy groups -OCH3 is 1. The van der Waals surface area contributed by atoms with Gasteiger partial charge in [-0.15, -0.1) is 0 Å². The number of phenolic OH excluding ortho intramolecular Hbond substituents is 1. The maximum atomic E-state index is 11.6. The van der Waals surface area contributed by atoms with E-state index >= 15 is 0 Å². The molecule has 0 aliphatic heterocycles. The van der Waals surface area contributed by atoms with Crippen molar-refractivity contribution in [2.75, 3.05) is 7.11 Å². The molecule has 0 aliphatic rings. The molecule has 0 spiro atoms. The topological polar surface area (TPSA) is 58.6 Å². The summed E-state index contributed by atoms with van der Waals surface area (Å²) in [4.78, 5) is 11.6. The molecule has 21 heavy (non-hydrogen) atoms. The van der Waals surface area contributed by atoms with E-state index in [0.717, 1.165) is 11.1 Å². The number of rotatable bonds is 5. The van der Waals surface area contributed by atoms with E-state index < -0.39 is 6.04 Å². The Kier molecular flexibility index (Phi) is 4.95. The number of esters is 1. The maximum absolute atomic E-state index is 11.6. The van der Waals surface area contributed by atoms with E-state index in [0.29, 0.717) is 0 Å². The molecule has 0 bridgehead atoms. The molecule has 2 aromatic carbocycles. The molecule has 0 aliphatic carbocycles. The molecular formula is C17H19NO3. The minimum Gasteiger partial charge on any atom is -0.508 e. The molecule has 0 saturated heterocycles. The van der Waals surface area contributed by atoms with Crippen molar-refractivity contribution in [3.8, 4) is 5.75 Å². The second kappa shape index (κ2) is 6.90. The smallest absolute Gasteiger partial charge is 0.322 e. The largest absolute Gasteiger partial charge is 0.508 e. The van der Waals surface area contributed by atoms with Crippen molar-refractivity contribution in [3.63, 3.8) is 0 Å². The summed E-state index contributed by atoms with van der Waals surface area (Å²) in [7, 11) is 1.37. The summed E-state index contributed by atoms with van der Waals surface area (Å²) in [6.45, 7) is 1.77. The molecule has 0 fully saturated rings. The van der Waals surface area contributed by atoms with Gasteiger partial charge in [-0.25, -0.2) is 0 Å². The molecule has 0 heterocycles. The summed E-state index contributed by atoms with van der Waals surface area (Å²) in [5.41, 5.74) is 2.01. The second-order valence-corrected chi connectivity index (χ2v) is 4.85. The van der Waals surface area contributed by atoms with Gasteiger partial charge in [0.05, 0.1) is 13.2 Å². The number of carbonyl (C=O) groups is 1. The first-order chi connectivity index (χ1) is 10.1. The van der Waals surface area contributed by atoms with Gasteiger partial charge in [-0.05, 0) is 30.2 Å². The quantitative estimate of drug-likeness (QED) is 0.829. The van der Waals surface area contributed by atoms with Gasteiger partial charge < -0.3 is 9.84 Å². The molecule has 2 atom stereocenters. The molecule has 4 nitrogen and oxygen atoms in total. The van der Waals surface area contributed by atoms with Crippen molar-refractivity contribution < 1.29 is 14.6 Å². The third kappa shape index (κ3) is 3.83. The zero-order chi connectivity index (χ0) is 15.2. The fourth-order valence-electron chi connectivity index (χ4n) is 2.19. The highest BCUT2D eigenvalue weighted by molar-refractivity contribution is 5.75. The third-order valence-corrected chi connectivity index (χ3v) is 3.33. The van der Waals surface area contributed by atoms with Crippen molar-refractivity contribution in [2.45, 2.75) is 19.0 Å². The monoisotopic (exact) mass is 285 g/mol. The van der Waals surface area contributed by atoms with Crippen LogP contribution >= 0.6 is 0 Å². The highest BCUT2D eigenvalue weighted by Gasteiger charge is 2.20. The number of nitrogens with one attached hydrogen (secondary N) is 1. The summed E-state index contributed by atoms with van der Waals surface area (Å²) in [6, 6.07) is 16.2. The van der Waals surface area contributed by atoms with Crippen LogP contribution in [0, 0.1) is 0 Å². The number of aromatic hydroxyl groups is 1. The molecule has 2 N–H and O–H groups in total. The van der Waals surface area contributed by atoms with Crippen molar-refractivity contribution in [1.29, 1.82) is 0 Å². The van der Waals surface area contributed by atoms with Crippen LogP contribution in [0.4, 0.5) is 0 Å². The van der Waals surface area contributed by atoms with Crippen LogP contribution in [0.25, 0.3) is 0 Å². The Morgan fingerprint density at radius 2 is 1.62 bits per heavy atom. The Morgan fingerprint density at radius 1 is 1.05 bits per heavy atom. The molecule has 0 aromatic heterocycles. The minimum absolute atomic E-state index is 0.152. The van der Waals surface area contributed by atoms with Gasteiger partial charge in [0.15, 0.2) is 0 Å². The molecule has 0 radical (unpaired) electrons. The lowest BCUT2D eigenvalue weighted by atomic mass is 9.98. The van der Waals surface area contributed by atoms with E-state index in [2.05, 4.69) is 5.32 Å². The van der Waals surface area contributed by atoms with Gasteiger partial charge in [0.1, 0.15) is 11.8 Å². The van der Waals surface area contributed by atoms with Crippen LogP contribution in [-0.4, -0.2) is 24.2 Å². The van der Waals surface area contributed by atoms with Gasteiger partial charge in [0.2, 0.25) is 0 Å². The lowest BCUT2D eigenvalue weighted by molar-refractivity contribution is -0.142. The zero-order valence-corrected chi connectivity index (χ0v) is 12.1. The zero-order valence-electron chi connectivity index (χ0n) is 12.1. The predicted octanol–water partition coefficient (Wildman–Crippen LogP) is 2.63. The van der Waals surface area contributed by atoms with Crippen LogP contribution in [0.15, 0.2) is 54.6 Å². The summed E-state index contributed by atoms with van der Waals surface area (Å²) in [6.07, 6.45) is 0. The molecule has 0 amide bonds. The third-order valence-electron chi connectivity index (χ3n) is 3.33. The maximum Gasteiger partial charge on any atom is 0.322 e. The first-order valence-corrected chi connectivity index (χ1v) is 6.79. The lowest BCUT2D eigenvalue weighted by Gasteiger charge is -2.23. The number of benzene rings is 2. The van der Waals surface area contributed by atoms with E-state index in [1.165, 1.54) is 7.11 Å². The van der Waals surface area contributed by atoms with Gasteiger partial charge in [-0.3, -0.25) is 10.1 Å². The summed E-state index contributed by atoms with van der Waals surface area (Å²) in [5.74, 6) is -0.0960. The Hall–Kier alpha value is -2.33. The van der Waals surface area contributed by atoms with E-state index in [4.69, 9.17) is 4.74 Å². The van der Waals surface area contributed by atoms with Crippen LogP contribution in [0.2, 0.25) is 0 Å². The highest BCUT2D eigenvalue weighted by Crippen LogP contribution is 2.24. The van der Waals surface area contributed by atoms with Crippen molar-refractivity contribution in [3.05, 3.63) is 65.7 Å². The molecule has 110 valence electrons. The first-order valence-electron chi connectivity index (χ1n) is 6.79. The number of ether oxygens (including phenoxy) is 1. The van der Waals surface area contributed by atoms with Crippen LogP contribution in [0.5, 0.6) is 5.75 Å². The van der Waals surface area contributed by atoms with Crippen LogP contribution in [-0.2, 0) is 9.53 Å². The Labute approximate surface area is 124 Å². The van der Waals surface area contributed by atoms with E-state index in [1.54, 1.807) is 19.1 Å². The fraction of sp³-hybridized carbons (Fsp3) is 0.235. The van der Waals surface area contributed by atoms with Crippen molar-refractivity contribution in [1.82, 2.24) is 5.32 Å². The van der Waals surface area contributed by atoms with Gasteiger partial charge in [-0.2, -0.15) is 0 Å². The minimum atomic E-state index is -0.436. The molecule has 4 heteroatoms. The Bertz CT molecular complexity index is 581. The van der Waals surface area contributed by atoms with E-state index in [1.807, 2.05) is 42.5 Å². The van der Waals surface area contributed by atoms with Gasteiger partial charge in [0, 0.05) is 0 Å². The van der Waals surface area contributed by atoms with Gasteiger partial charge >= 0.3 is 5.97 Å². The number of carbonyl (C=O) groups excluding carboxylic acids is 1. The summed E-state index contributed by atoms with van der Waals surface area (Å²) in [5, 5.41) is 12.7. The number of hydrogen-bond acceptors (Lipinski definition) is 4. The van der Waals surface area contributed by atoms with Crippen LogP contribution < -0.4 is 5.32 Å². The average molecular weight is 285 g/mol. The molecular weight excluding hydrogens is 266 g/mol. The standard InChI is InChI=1S/C17H19NO3/c1-12(17(20)21-2)18-16(13-6-4-3-5-7-13)14-8-10-15(19)11-9-14/h3-12,16,18-19H,1-2H3. The average Bonchev–Trinajstić information content (AvgIpc) is 2.53. The molecule has 0 saturated carbocycles. The molecule has 2 unspecified atom stereocenters. The Balaban J connectivity index is 2.31. The first kappa shape index (κ1) is 15.1. The highest BCUT2D eigenvalue weighted by atomic mass is 16.5. The SMILES string of the molecule is COC(=O)C(C)NC(c1ccccc1)c1ccc(O)cc1. The second-order valence-electron chi connectivity index (χ2n) is 4.85. The van der Waals surface area contributed by atoms with Crippen molar-refractivity contribution >= 4 is 5.97 Å².